The zero-order chi connectivity index (χ0) is 29.6. The monoisotopic (exact) mass is 582 g/mol. The summed E-state index contributed by atoms with van der Waals surface area (Å²) in [6.07, 6.45) is 1.58. The highest BCUT2D eigenvalue weighted by molar-refractivity contribution is 7.90. The van der Waals surface area contributed by atoms with E-state index in [1.165, 1.54) is 20.3 Å². The minimum absolute atomic E-state index is 0.0473. The SMILES string of the molecule is COC(=O)C1COc2cc(OCc3cccc(-c4c(C)cc(OCCCS(C)(=O)=O)cc4COC(C)=O)c3)ccc21. The Balaban J connectivity index is 1.51. The number of hydrogen-bond acceptors (Lipinski definition) is 9. The van der Waals surface area contributed by atoms with Crippen LogP contribution in [0.15, 0.2) is 54.6 Å². The second-order valence-corrected chi connectivity index (χ2v) is 12.2. The molecule has 0 spiro atoms. The molecule has 0 aromatic heterocycles. The minimum Gasteiger partial charge on any atom is -0.494 e. The summed E-state index contributed by atoms with van der Waals surface area (Å²) in [5.74, 6) is 0.686. The third kappa shape index (κ3) is 8.00. The van der Waals surface area contributed by atoms with Crippen LogP contribution in [0.5, 0.6) is 17.2 Å². The molecule has 41 heavy (non-hydrogen) atoms. The summed E-state index contributed by atoms with van der Waals surface area (Å²) in [7, 11) is -1.70. The second-order valence-electron chi connectivity index (χ2n) is 9.96. The van der Waals surface area contributed by atoms with E-state index in [9.17, 15) is 18.0 Å². The quantitative estimate of drug-likeness (QED) is 0.220. The van der Waals surface area contributed by atoms with Crippen LogP contribution >= 0.6 is 0 Å². The Morgan fingerprint density at radius 2 is 1.80 bits per heavy atom. The molecule has 1 heterocycles. The fraction of sp³-hybridized carbons (Fsp3) is 0.355. The number of esters is 2. The molecule has 1 unspecified atom stereocenters. The van der Waals surface area contributed by atoms with Crippen molar-refractivity contribution in [2.75, 3.05) is 32.3 Å². The fourth-order valence-electron chi connectivity index (χ4n) is 4.73. The van der Waals surface area contributed by atoms with Gasteiger partial charge in [0.1, 0.15) is 52.8 Å². The highest BCUT2D eigenvalue weighted by Crippen LogP contribution is 2.38. The van der Waals surface area contributed by atoms with Crippen molar-refractivity contribution in [2.45, 2.75) is 39.4 Å². The lowest BCUT2D eigenvalue weighted by Gasteiger charge is -2.17. The van der Waals surface area contributed by atoms with Gasteiger partial charge in [-0.1, -0.05) is 24.3 Å². The van der Waals surface area contributed by atoms with Gasteiger partial charge in [-0.25, -0.2) is 8.42 Å². The molecule has 0 N–H and O–H groups in total. The van der Waals surface area contributed by atoms with Crippen LogP contribution in [-0.4, -0.2) is 52.7 Å². The van der Waals surface area contributed by atoms with Crippen molar-refractivity contribution >= 4 is 21.8 Å². The normalized spacial score (nSPS) is 14.1. The number of fused-ring (bicyclic) bond motifs is 1. The Morgan fingerprint density at radius 3 is 2.54 bits per heavy atom. The van der Waals surface area contributed by atoms with E-state index in [0.29, 0.717) is 30.3 Å². The molecule has 0 bridgehead atoms. The molecule has 0 amide bonds. The minimum atomic E-state index is -3.06. The van der Waals surface area contributed by atoms with Crippen LogP contribution in [-0.2, 0) is 42.1 Å². The number of carbonyl (C=O) groups excluding carboxylic acids is 2. The maximum absolute atomic E-state index is 12.0. The number of carbonyl (C=O) groups is 2. The Hall–Kier alpha value is -4.05. The number of hydrogen-bond donors (Lipinski definition) is 0. The number of aryl methyl sites for hydroxylation is 1. The van der Waals surface area contributed by atoms with Crippen LogP contribution in [0.3, 0.4) is 0 Å². The van der Waals surface area contributed by atoms with E-state index in [4.69, 9.17) is 23.7 Å². The topological polar surface area (TPSA) is 114 Å². The van der Waals surface area contributed by atoms with Crippen LogP contribution in [0.2, 0.25) is 0 Å². The predicted molar refractivity (Wildman–Crippen MR) is 153 cm³/mol. The molecule has 9 nitrogen and oxygen atoms in total. The van der Waals surface area contributed by atoms with E-state index in [1.807, 2.05) is 55.5 Å². The maximum Gasteiger partial charge on any atom is 0.316 e. The summed E-state index contributed by atoms with van der Waals surface area (Å²) in [5.41, 5.74) is 5.23. The second kappa shape index (κ2) is 13.1. The average Bonchev–Trinajstić information content (AvgIpc) is 3.35. The first kappa shape index (κ1) is 29.9. The lowest BCUT2D eigenvalue weighted by Crippen LogP contribution is -2.15. The summed E-state index contributed by atoms with van der Waals surface area (Å²) in [5, 5.41) is 0. The summed E-state index contributed by atoms with van der Waals surface area (Å²) in [6, 6.07) is 17.0. The highest BCUT2D eigenvalue weighted by atomic mass is 32.2. The van der Waals surface area contributed by atoms with Gasteiger partial charge in [0, 0.05) is 30.4 Å². The molecular formula is C31H34O9S. The van der Waals surface area contributed by atoms with Crippen LogP contribution in [0.4, 0.5) is 0 Å². The zero-order valence-corrected chi connectivity index (χ0v) is 24.4. The van der Waals surface area contributed by atoms with Gasteiger partial charge in [0.05, 0.1) is 19.5 Å². The van der Waals surface area contributed by atoms with Gasteiger partial charge in [-0.05, 0) is 59.9 Å². The predicted octanol–water partition coefficient (Wildman–Crippen LogP) is 4.77. The van der Waals surface area contributed by atoms with Gasteiger partial charge in [-0.3, -0.25) is 9.59 Å². The molecule has 0 saturated carbocycles. The lowest BCUT2D eigenvalue weighted by molar-refractivity contribution is -0.143. The molecule has 3 aromatic rings. The number of ether oxygens (including phenoxy) is 5. The van der Waals surface area contributed by atoms with E-state index in [0.717, 1.165) is 33.4 Å². The van der Waals surface area contributed by atoms with Gasteiger partial charge >= 0.3 is 11.9 Å². The van der Waals surface area contributed by atoms with Crippen molar-refractivity contribution in [3.8, 4) is 28.4 Å². The van der Waals surface area contributed by atoms with Crippen molar-refractivity contribution < 1.29 is 41.7 Å². The molecule has 0 aliphatic carbocycles. The maximum atomic E-state index is 12.0. The smallest absolute Gasteiger partial charge is 0.316 e. The Kier molecular flexibility index (Phi) is 9.54. The van der Waals surface area contributed by atoms with Gasteiger partial charge in [0.15, 0.2) is 0 Å². The summed E-state index contributed by atoms with van der Waals surface area (Å²) in [6.45, 7) is 4.16. The molecule has 0 radical (unpaired) electrons. The van der Waals surface area contributed by atoms with E-state index < -0.39 is 21.7 Å². The number of sulfone groups is 1. The molecule has 218 valence electrons. The molecule has 1 aliphatic heterocycles. The van der Waals surface area contributed by atoms with E-state index in [-0.39, 0.29) is 31.5 Å². The first-order valence-corrected chi connectivity index (χ1v) is 15.2. The molecule has 10 heteroatoms. The summed E-state index contributed by atoms with van der Waals surface area (Å²) < 4.78 is 50.6. The summed E-state index contributed by atoms with van der Waals surface area (Å²) in [4.78, 5) is 23.6. The molecule has 4 rings (SSSR count). The molecule has 0 fully saturated rings. The fourth-order valence-corrected chi connectivity index (χ4v) is 5.37. The van der Waals surface area contributed by atoms with Crippen LogP contribution in [0.25, 0.3) is 11.1 Å². The van der Waals surface area contributed by atoms with E-state index in [2.05, 4.69) is 0 Å². The Bertz CT molecular complexity index is 1530. The van der Waals surface area contributed by atoms with Crippen LogP contribution < -0.4 is 14.2 Å². The third-order valence-electron chi connectivity index (χ3n) is 6.62. The van der Waals surface area contributed by atoms with Gasteiger partial charge in [-0.2, -0.15) is 0 Å². The molecule has 0 saturated heterocycles. The lowest BCUT2D eigenvalue weighted by atomic mass is 9.94. The molecular weight excluding hydrogens is 548 g/mol. The first-order valence-electron chi connectivity index (χ1n) is 13.2. The van der Waals surface area contributed by atoms with Crippen LogP contribution in [0, 0.1) is 6.92 Å². The summed E-state index contributed by atoms with van der Waals surface area (Å²) >= 11 is 0. The number of rotatable bonds is 12. The van der Waals surface area contributed by atoms with Crippen molar-refractivity contribution in [1.29, 1.82) is 0 Å². The Morgan fingerprint density at radius 1 is 1.00 bits per heavy atom. The van der Waals surface area contributed by atoms with Crippen molar-refractivity contribution in [2.24, 2.45) is 0 Å². The third-order valence-corrected chi connectivity index (χ3v) is 7.65. The van der Waals surface area contributed by atoms with Gasteiger partial charge in [0.2, 0.25) is 0 Å². The number of methoxy groups -OCH3 is 1. The van der Waals surface area contributed by atoms with Crippen molar-refractivity contribution in [3.63, 3.8) is 0 Å². The Labute approximate surface area is 240 Å². The first-order chi connectivity index (χ1) is 19.5. The van der Waals surface area contributed by atoms with Gasteiger partial charge in [-0.15, -0.1) is 0 Å². The molecule has 3 aromatic carbocycles. The largest absolute Gasteiger partial charge is 0.494 e. The molecule has 1 aliphatic rings. The van der Waals surface area contributed by atoms with Gasteiger partial charge < -0.3 is 23.7 Å². The number of benzene rings is 3. The standard InChI is InChI=1S/C31H34O9S/c1-20-13-26(37-11-6-12-41(4,34)35)15-24(18-38-21(2)32)30(20)23-8-5-7-22(14-23)17-39-25-9-10-27-28(31(33)36-3)19-40-29(27)16-25/h5,7-10,13-16,28H,6,11-12,17-19H2,1-4H3. The van der Waals surface area contributed by atoms with Crippen LogP contribution in [0.1, 0.15) is 41.5 Å². The zero-order valence-electron chi connectivity index (χ0n) is 23.6. The van der Waals surface area contributed by atoms with Crippen molar-refractivity contribution in [1.82, 2.24) is 0 Å². The molecule has 1 atom stereocenters. The average molecular weight is 583 g/mol. The van der Waals surface area contributed by atoms with E-state index >= 15 is 0 Å². The van der Waals surface area contributed by atoms with Gasteiger partial charge in [0.25, 0.3) is 0 Å². The van der Waals surface area contributed by atoms with E-state index in [1.54, 1.807) is 6.07 Å². The van der Waals surface area contributed by atoms with Crippen molar-refractivity contribution in [3.05, 3.63) is 76.9 Å². The highest BCUT2D eigenvalue weighted by Gasteiger charge is 2.31.